The van der Waals surface area contributed by atoms with E-state index in [9.17, 15) is 4.79 Å². The number of fused-ring (bicyclic) bond motifs is 1. The normalized spacial score (nSPS) is 21.5. The van der Waals surface area contributed by atoms with Gasteiger partial charge in [-0.15, -0.1) is 0 Å². The molecule has 1 amide bonds. The molecule has 6 nitrogen and oxygen atoms in total. The maximum absolute atomic E-state index is 12.9. The Kier molecular flexibility index (Phi) is 3.79. The molecule has 2 fully saturated rings. The summed E-state index contributed by atoms with van der Waals surface area (Å²) in [7, 11) is 0. The number of hydrogen-bond acceptors (Lipinski definition) is 4. The quantitative estimate of drug-likeness (QED) is 0.872. The molecule has 1 N–H and O–H groups in total. The van der Waals surface area contributed by atoms with Gasteiger partial charge in [0.15, 0.2) is 0 Å². The van der Waals surface area contributed by atoms with Gasteiger partial charge in [0.1, 0.15) is 0 Å². The Morgan fingerprint density at radius 3 is 2.96 bits per heavy atom. The largest absolute Gasteiger partial charge is 0.381 e. The Morgan fingerprint density at radius 1 is 1.22 bits per heavy atom. The monoisotopic (exact) mass is 315 g/mol. The van der Waals surface area contributed by atoms with Crippen LogP contribution in [-0.2, 0) is 9.47 Å². The van der Waals surface area contributed by atoms with E-state index < -0.39 is 0 Å². The minimum atomic E-state index is 0.0441. The van der Waals surface area contributed by atoms with Crippen molar-refractivity contribution in [3.8, 4) is 0 Å². The Labute approximate surface area is 134 Å². The van der Waals surface area contributed by atoms with Gasteiger partial charge < -0.3 is 19.4 Å². The molecule has 0 aliphatic carbocycles. The second-order valence-corrected chi connectivity index (χ2v) is 6.53. The van der Waals surface area contributed by atoms with Crippen LogP contribution in [0.25, 0.3) is 11.0 Å². The number of nitrogens with one attached hydrogen (secondary N) is 1. The SMILES string of the molecule is O=C(c1ccc2nc[nH]c2c1)N1CCOCC2(CCOCC2)C1. The molecule has 23 heavy (non-hydrogen) atoms. The minimum Gasteiger partial charge on any atom is -0.381 e. The Balaban J connectivity index is 1.58. The topological polar surface area (TPSA) is 67.5 Å². The van der Waals surface area contributed by atoms with Crippen molar-refractivity contribution in [1.29, 1.82) is 0 Å². The zero-order chi connectivity index (χ0) is 15.7. The predicted octanol–water partition coefficient (Wildman–Crippen LogP) is 1.83. The molecule has 6 heteroatoms. The molecule has 122 valence electrons. The summed E-state index contributed by atoms with van der Waals surface area (Å²) < 4.78 is 11.3. The molecule has 2 aliphatic heterocycles. The zero-order valence-electron chi connectivity index (χ0n) is 13.1. The lowest BCUT2D eigenvalue weighted by Crippen LogP contribution is -2.44. The van der Waals surface area contributed by atoms with Crippen molar-refractivity contribution in [1.82, 2.24) is 14.9 Å². The summed E-state index contributed by atoms with van der Waals surface area (Å²) in [6, 6.07) is 5.62. The number of imidazole rings is 1. The lowest BCUT2D eigenvalue weighted by molar-refractivity contribution is -0.0304. The van der Waals surface area contributed by atoms with E-state index in [1.165, 1.54) is 0 Å². The van der Waals surface area contributed by atoms with Crippen LogP contribution < -0.4 is 0 Å². The first-order valence-corrected chi connectivity index (χ1v) is 8.14. The number of carbonyl (C=O) groups excluding carboxylic acids is 1. The van der Waals surface area contributed by atoms with E-state index in [1.54, 1.807) is 6.33 Å². The van der Waals surface area contributed by atoms with Gasteiger partial charge in [-0.3, -0.25) is 4.79 Å². The number of nitrogens with zero attached hydrogens (tertiary/aromatic N) is 2. The van der Waals surface area contributed by atoms with Gasteiger partial charge in [0.25, 0.3) is 5.91 Å². The van der Waals surface area contributed by atoms with Gasteiger partial charge in [0.2, 0.25) is 0 Å². The van der Waals surface area contributed by atoms with Crippen LogP contribution in [0, 0.1) is 5.41 Å². The lowest BCUT2D eigenvalue weighted by Gasteiger charge is -2.38. The molecule has 0 radical (unpaired) electrons. The molecule has 0 saturated carbocycles. The highest BCUT2D eigenvalue weighted by atomic mass is 16.5. The van der Waals surface area contributed by atoms with E-state index in [2.05, 4.69) is 9.97 Å². The van der Waals surface area contributed by atoms with Gasteiger partial charge in [0.05, 0.1) is 30.6 Å². The third-order valence-electron chi connectivity index (χ3n) is 4.95. The van der Waals surface area contributed by atoms with Crippen molar-refractivity contribution in [2.24, 2.45) is 5.41 Å². The number of rotatable bonds is 1. The van der Waals surface area contributed by atoms with Gasteiger partial charge in [-0.1, -0.05) is 0 Å². The number of ether oxygens (including phenoxy) is 2. The van der Waals surface area contributed by atoms with Crippen LogP contribution in [0.2, 0.25) is 0 Å². The highest BCUT2D eigenvalue weighted by Gasteiger charge is 2.38. The number of aromatic nitrogens is 2. The fraction of sp³-hybridized carbons (Fsp3) is 0.529. The molecule has 1 spiro atoms. The number of amides is 1. The van der Waals surface area contributed by atoms with Crippen LogP contribution in [0.1, 0.15) is 23.2 Å². The third-order valence-corrected chi connectivity index (χ3v) is 4.95. The maximum atomic E-state index is 12.9. The van der Waals surface area contributed by atoms with Crippen LogP contribution in [-0.4, -0.2) is 60.3 Å². The van der Waals surface area contributed by atoms with Crippen LogP contribution in [0.3, 0.4) is 0 Å². The Bertz CT molecular complexity index is 706. The van der Waals surface area contributed by atoms with Crippen molar-refractivity contribution in [3.05, 3.63) is 30.1 Å². The molecule has 3 heterocycles. The van der Waals surface area contributed by atoms with Crippen LogP contribution in [0.4, 0.5) is 0 Å². The molecule has 1 aromatic heterocycles. The van der Waals surface area contributed by atoms with Gasteiger partial charge >= 0.3 is 0 Å². The van der Waals surface area contributed by atoms with E-state index in [-0.39, 0.29) is 11.3 Å². The van der Waals surface area contributed by atoms with E-state index in [0.29, 0.717) is 18.7 Å². The molecule has 0 atom stereocenters. The average molecular weight is 315 g/mol. The number of H-pyrrole nitrogens is 1. The summed E-state index contributed by atoms with van der Waals surface area (Å²) in [6.45, 7) is 4.22. The molecular weight excluding hydrogens is 294 g/mol. The summed E-state index contributed by atoms with van der Waals surface area (Å²) in [4.78, 5) is 22.2. The molecular formula is C17H21N3O3. The van der Waals surface area contributed by atoms with Crippen LogP contribution in [0.15, 0.2) is 24.5 Å². The first-order valence-electron chi connectivity index (χ1n) is 8.14. The van der Waals surface area contributed by atoms with Crippen molar-refractivity contribution in [2.75, 3.05) is 39.5 Å². The Morgan fingerprint density at radius 2 is 2.09 bits per heavy atom. The lowest BCUT2D eigenvalue weighted by atomic mass is 9.80. The zero-order valence-corrected chi connectivity index (χ0v) is 13.1. The summed E-state index contributed by atoms with van der Waals surface area (Å²) >= 11 is 0. The van der Waals surface area contributed by atoms with Crippen molar-refractivity contribution in [3.63, 3.8) is 0 Å². The van der Waals surface area contributed by atoms with E-state index >= 15 is 0 Å². The summed E-state index contributed by atoms with van der Waals surface area (Å²) in [5.74, 6) is 0.0675. The van der Waals surface area contributed by atoms with Gasteiger partial charge in [0, 0.05) is 37.3 Å². The highest BCUT2D eigenvalue weighted by Crippen LogP contribution is 2.33. The molecule has 2 aromatic rings. The van der Waals surface area contributed by atoms with Crippen LogP contribution >= 0.6 is 0 Å². The predicted molar refractivity (Wildman–Crippen MR) is 85.3 cm³/mol. The second-order valence-electron chi connectivity index (χ2n) is 6.53. The fourth-order valence-electron chi connectivity index (χ4n) is 3.52. The van der Waals surface area contributed by atoms with Crippen molar-refractivity contribution < 1.29 is 14.3 Å². The van der Waals surface area contributed by atoms with Gasteiger partial charge in [-0.05, 0) is 31.0 Å². The number of aromatic amines is 1. The summed E-state index contributed by atoms with van der Waals surface area (Å²) in [6.07, 6.45) is 3.56. The Hall–Kier alpha value is -1.92. The van der Waals surface area contributed by atoms with Crippen molar-refractivity contribution >= 4 is 16.9 Å². The smallest absolute Gasteiger partial charge is 0.254 e. The third kappa shape index (κ3) is 2.84. The summed E-state index contributed by atoms with van der Waals surface area (Å²) in [5, 5.41) is 0. The number of carbonyl (C=O) groups is 1. The standard InChI is InChI=1S/C17H21N3O3/c21-16(13-1-2-14-15(9-13)19-12-18-14)20-5-8-23-11-17(10-20)3-6-22-7-4-17/h1-2,9,12H,3-8,10-11H2,(H,18,19). The van der Waals surface area contributed by atoms with Gasteiger partial charge in [-0.2, -0.15) is 0 Å². The number of hydrogen-bond donors (Lipinski definition) is 1. The van der Waals surface area contributed by atoms with E-state index in [1.807, 2.05) is 23.1 Å². The maximum Gasteiger partial charge on any atom is 0.254 e. The highest BCUT2D eigenvalue weighted by molar-refractivity contribution is 5.97. The molecule has 1 aromatic carbocycles. The first kappa shape index (κ1) is 14.7. The van der Waals surface area contributed by atoms with Crippen molar-refractivity contribution in [2.45, 2.75) is 12.8 Å². The van der Waals surface area contributed by atoms with Crippen LogP contribution in [0.5, 0.6) is 0 Å². The molecule has 2 saturated heterocycles. The summed E-state index contributed by atoms with van der Waals surface area (Å²) in [5.41, 5.74) is 2.51. The molecule has 0 unspecified atom stereocenters. The minimum absolute atomic E-state index is 0.0441. The molecule has 2 aliphatic rings. The van der Waals surface area contributed by atoms with E-state index in [4.69, 9.17) is 9.47 Å². The fourth-order valence-corrected chi connectivity index (χ4v) is 3.52. The van der Waals surface area contributed by atoms with E-state index in [0.717, 1.165) is 50.2 Å². The van der Waals surface area contributed by atoms with Gasteiger partial charge in [-0.25, -0.2) is 4.98 Å². The second kappa shape index (κ2) is 5.94. The number of benzene rings is 1. The average Bonchev–Trinajstić information content (AvgIpc) is 2.96. The first-order chi connectivity index (χ1) is 11.3. The molecule has 0 bridgehead atoms. The molecule has 4 rings (SSSR count).